The van der Waals surface area contributed by atoms with Crippen molar-refractivity contribution in [1.29, 1.82) is 0 Å². The maximum absolute atomic E-state index is 12.4. The highest BCUT2D eigenvalue weighted by atomic mass is 32.2. The summed E-state index contributed by atoms with van der Waals surface area (Å²) in [5.74, 6) is 0.857. The van der Waals surface area contributed by atoms with E-state index in [1.165, 1.54) is 0 Å². The maximum Gasteiger partial charge on any atom is 0.224 e. The standard InChI is InChI=1S/C21H28N2O5S/c1-15(2)23-29(25,26)14-18-8-6-5-7-17(18)13-22-21(24)12-16-9-10-19(27-3)20(11-16)28-4/h5-11,15,23H,12-14H2,1-4H3,(H,22,24). The number of nitrogens with one attached hydrogen (secondary N) is 2. The fraction of sp³-hybridized carbons (Fsp3) is 0.381. The highest BCUT2D eigenvalue weighted by molar-refractivity contribution is 7.88. The lowest BCUT2D eigenvalue weighted by atomic mass is 10.1. The molecule has 0 heterocycles. The smallest absolute Gasteiger partial charge is 0.224 e. The van der Waals surface area contributed by atoms with E-state index in [9.17, 15) is 13.2 Å². The molecule has 7 nitrogen and oxygen atoms in total. The molecule has 0 aliphatic heterocycles. The van der Waals surface area contributed by atoms with Crippen molar-refractivity contribution in [2.45, 2.75) is 38.6 Å². The summed E-state index contributed by atoms with van der Waals surface area (Å²) in [7, 11) is -0.350. The lowest BCUT2D eigenvalue weighted by Crippen LogP contribution is -2.32. The van der Waals surface area contributed by atoms with Crippen LogP contribution in [0.5, 0.6) is 11.5 Å². The van der Waals surface area contributed by atoms with Crippen LogP contribution in [0.15, 0.2) is 42.5 Å². The molecule has 2 N–H and O–H groups in total. The second-order valence-corrected chi connectivity index (χ2v) is 8.70. The van der Waals surface area contributed by atoms with Crippen LogP contribution >= 0.6 is 0 Å². The van der Waals surface area contributed by atoms with Gasteiger partial charge in [-0.15, -0.1) is 0 Å². The minimum Gasteiger partial charge on any atom is -0.493 e. The van der Waals surface area contributed by atoms with Crippen LogP contribution in [-0.4, -0.2) is 34.6 Å². The summed E-state index contributed by atoms with van der Waals surface area (Å²) in [4.78, 5) is 12.4. The molecule has 0 unspecified atom stereocenters. The van der Waals surface area contributed by atoms with Crippen molar-refractivity contribution >= 4 is 15.9 Å². The van der Waals surface area contributed by atoms with E-state index in [0.717, 1.165) is 11.1 Å². The van der Waals surface area contributed by atoms with Crippen molar-refractivity contribution in [3.63, 3.8) is 0 Å². The largest absolute Gasteiger partial charge is 0.493 e. The van der Waals surface area contributed by atoms with Crippen LogP contribution in [0.1, 0.15) is 30.5 Å². The fourth-order valence-corrected chi connectivity index (χ4v) is 4.40. The Balaban J connectivity index is 2.02. The van der Waals surface area contributed by atoms with Gasteiger partial charge in [-0.1, -0.05) is 30.3 Å². The van der Waals surface area contributed by atoms with Gasteiger partial charge < -0.3 is 14.8 Å². The van der Waals surface area contributed by atoms with Crippen LogP contribution in [-0.2, 0) is 33.5 Å². The minimum absolute atomic E-state index is 0.132. The van der Waals surface area contributed by atoms with Gasteiger partial charge in [0.2, 0.25) is 15.9 Å². The van der Waals surface area contributed by atoms with Gasteiger partial charge in [0.1, 0.15) is 0 Å². The SMILES string of the molecule is COc1ccc(CC(=O)NCc2ccccc2CS(=O)(=O)NC(C)C)cc1OC. The third-order valence-electron chi connectivity index (χ3n) is 4.17. The van der Waals surface area contributed by atoms with Crippen molar-refractivity contribution in [3.05, 3.63) is 59.2 Å². The zero-order chi connectivity index (χ0) is 21.4. The first-order chi connectivity index (χ1) is 13.7. The summed E-state index contributed by atoms with van der Waals surface area (Å²) >= 11 is 0. The highest BCUT2D eigenvalue weighted by Gasteiger charge is 2.16. The third kappa shape index (κ3) is 7.07. The van der Waals surface area contributed by atoms with Crippen LogP contribution in [0.2, 0.25) is 0 Å². The molecule has 0 saturated heterocycles. The number of rotatable bonds is 10. The molecule has 0 aliphatic rings. The van der Waals surface area contributed by atoms with Crippen LogP contribution in [0.25, 0.3) is 0 Å². The molecule has 2 aromatic carbocycles. The third-order valence-corrected chi connectivity index (χ3v) is 5.69. The first kappa shape index (κ1) is 22.7. The average Bonchev–Trinajstić information content (AvgIpc) is 2.65. The monoisotopic (exact) mass is 420 g/mol. The first-order valence-corrected chi connectivity index (χ1v) is 10.9. The molecule has 0 saturated carbocycles. The maximum atomic E-state index is 12.4. The fourth-order valence-electron chi connectivity index (χ4n) is 2.91. The molecule has 158 valence electrons. The second-order valence-electron chi connectivity index (χ2n) is 6.94. The summed E-state index contributed by atoms with van der Waals surface area (Å²) in [5.41, 5.74) is 2.21. The molecule has 0 fully saturated rings. The van der Waals surface area contributed by atoms with Gasteiger partial charge in [-0.2, -0.15) is 0 Å². The first-order valence-electron chi connectivity index (χ1n) is 9.28. The van der Waals surface area contributed by atoms with E-state index in [1.807, 2.05) is 12.1 Å². The molecular formula is C21H28N2O5S. The van der Waals surface area contributed by atoms with Crippen molar-refractivity contribution in [2.75, 3.05) is 14.2 Å². The number of hydrogen-bond acceptors (Lipinski definition) is 5. The summed E-state index contributed by atoms with van der Waals surface area (Å²) in [6.07, 6.45) is 0.176. The number of ether oxygens (including phenoxy) is 2. The topological polar surface area (TPSA) is 93.7 Å². The predicted molar refractivity (Wildman–Crippen MR) is 112 cm³/mol. The lowest BCUT2D eigenvalue weighted by molar-refractivity contribution is -0.120. The van der Waals surface area contributed by atoms with E-state index in [1.54, 1.807) is 58.4 Å². The molecule has 2 rings (SSSR count). The van der Waals surface area contributed by atoms with Gasteiger partial charge >= 0.3 is 0 Å². The number of benzene rings is 2. The summed E-state index contributed by atoms with van der Waals surface area (Å²) < 4.78 is 37.5. The zero-order valence-electron chi connectivity index (χ0n) is 17.2. The van der Waals surface area contributed by atoms with E-state index in [-0.39, 0.29) is 30.7 Å². The molecular weight excluding hydrogens is 392 g/mol. The lowest BCUT2D eigenvalue weighted by Gasteiger charge is -2.13. The van der Waals surface area contributed by atoms with E-state index in [2.05, 4.69) is 10.0 Å². The zero-order valence-corrected chi connectivity index (χ0v) is 18.0. The van der Waals surface area contributed by atoms with Gasteiger partial charge in [0, 0.05) is 12.6 Å². The number of methoxy groups -OCH3 is 2. The Hall–Kier alpha value is -2.58. The Morgan fingerprint density at radius 3 is 2.28 bits per heavy atom. The summed E-state index contributed by atoms with van der Waals surface area (Å²) in [6, 6.07) is 12.3. The van der Waals surface area contributed by atoms with Crippen molar-refractivity contribution in [1.82, 2.24) is 10.0 Å². The Kier molecular flexibility index (Phi) is 8.04. The van der Waals surface area contributed by atoms with Crippen molar-refractivity contribution < 1.29 is 22.7 Å². The van der Waals surface area contributed by atoms with Gasteiger partial charge in [0.25, 0.3) is 0 Å². The van der Waals surface area contributed by atoms with Crippen LogP contribution in [0.4, 0.5) is 0 Å². The molecule has 29 heavy (non-hydrogen) atoms. The van der Waals surface area contributed by atoms with Gasteiger partial charge in [0.15, 0.2) is 11.5 Å². The van der Waals surface area contributed by atoms with Gasteiger partial charge in [0.05, 0.1) is 26.4 Å². The van der Waals surface area contributed by atoms with Gasteiger partial charge in [-0.25, -0.2) is 13.1 Å². The number of amides is 1. The van der Waals surface area contributed by atoms with E-state index in [4.69, 9.17) is 9.47 Å². The minimum atomic E-state index is -3.45. The molecule has 0 spiro atoms. The van der Waals surface area contributed by atoms with Crippen LogP contribution < -0.4 is 19.5 Å². The Morgan fingerprint density at radius 2 is 1.66 bits per heavy atom. The van der Waals surface area contributed by atoms with E-state index >= 15 is 0 Å². The Bertz CT molecular complexity index is 942. The average molecular weight is 421 g/mol. The summed E-state index contributed by atoms with van der Waals surface area (Å²) in [5, 5.41) is 2.85. The van der Waals surface area contributed by atoms with Crippen LogP contribution in [0, 0.1) is 0 Å². The molecule has 0 radical (unpaired) electrons. The van der Waals surface area contributed by atoms with E-state index < -0.39 is 10.0 Å². The molecule has 2 aromatic rings. The second kappa shape index (κ2) is 10.3. The predicted octanol–water partition coefficient (Wildman–Crippen LogP) is 2.39. The normalized spacial score (nSPS) is 11.3. The Labute approximate surface area is 172 Å². The summed E-state index contributed by atoms with van der Waals surface area (Å²) in [6.45, 7) is 3.80. The van der Waals surface area contributed by atoms with Gasteiger partial charge in [-0.3, -0.25) is 4.79 Å². The number of hydrogen-bond donors (Lipinski definition) is 2. The molecule has 8 heteroatoms. The highest BCUT2D eigenvalue weighted by Crippen LogP contribution is 2.27. The molecule has 0 bridgehead atoms. The quantitative estimate of drug-likeness (QED) is 0.616. The van der Waals surface area contributed by atoms with E-state index in [0.29, 0.717) is 17.1 Å². The molecule has 0 aliphatic carbocycles. The van der Waals surface area contributed by atoms with Crippen molar-refractivity contribution in [2.24, 2.45) is 0 Å². The molecule has 0 atom stereocenters. The number of carbonyl (C=O) groups is 1. The Morgan fingerprint density at radius 1 is 1.00 bits per heavy atom. The van der Waals surface area contributed by atoms with Crippen molar-refractivity contribution in [3.8, 4) is 11.5 Å². The number of carbonyl (C=O) groups excluding carboxylic acids is 1. The number of sulfonamides is 1. The van der Waals surface area contributed by atoms with Crippen LogP contribution in [0.3, 0.4) is 0 Å². The molecule has 0 aromatic heterocycles. The molecule has 1 amide bonds. The van der Waals surface area contributed by atoms with Gasteiger partial charge in [-0.05, 0) is 42.7 Å².